The smallest absolute Gasteiger partial charge is 0.249 e. The summed E-state index contributed by atoms with van der Waals surface area (Å²) in [6.07, 6.45) is 1.19. The summed E-state index contributed by atoms with van der Waals surface area (Å²) >= 11 is 0. The van der Waals surface area contributed by atoms with Crippen LogP contribution in [0.5, 0.6) is 0 Å². The predicted molar refractivity (Wildman–Crippen MR) is 66.4 cm³/mol. The first-order chi connectivity index (χ1) is 7.90. The van der Waals surface area contributed by atoms with Crippen LogP contribution in [-0.2, 0) is 16.4 Å². The molecule has 0 aliphatic heterocycles. The summed E-state index contributed by atoms with van der Waals surface area (Å²) in [4.78, 5) is 11.1. The highest BCUT2D eigenvalue weighted by atomic mass is 32.2. The molecule has 0 aliphatic rings. The third kappa shape index (κ3) is 4.97. The molecule has 3 N–H and O–H groups in total. The average molecular weight is 256 g/mol. The number of hydrogen-bond acceptors (Lipinski definition) is 4. The quantitative estimate of drug-likeness (QED) is 0.697. The Labute approximate surface area is 101 Å². The zero-order valence-corrected chi connectivity index (χ0v) is 10.5. The van der Waals surface area contributed by atoms with Gasteiger partial charge in [0.15, 0.2) is 0 Å². The standard InChI is InChI=1S/C11H16N2O3S/c1-17(15,16)7-6-13-8-9-4-2-3-5-10(9)11(12)14/h2-5,13H,6-8H2,1H3,(H2,12,14). The van der Waals surface area contributed by atoms with Gasteiger partial charge in [-0.1, -0.05) is 18.2 Å². The van der Waals surface area contributed by atoms with Crippen LogP contribution in [0.4, 0.5) is 0 Å². The molecule has 5 nitrogen and oxygen atoms in total. The summed E-state index contributed by atoms with van der Waals surface area (Å²) in [5.41, 5.74) is 6.45. The molecule has 0 aromatic heterocycles. The molecule has 0 saturated carbocycles. The normalized spacial score (nSPS) is 11.4. The molecule has 0 spiro atoms. The van der Waals surface area contributed by atoms with Crippen LogP contribution in [-0.4, -0.2) is 32.9 Å². The summed E-state index contributed by atoms with van der Waals surface area (Å²) in [5.74, 6) is -0.406. The van der Waals surface area contributed by atoms with Crippen LogP contribution in [0.2, 0.25) is 0 Å². The van der Waals surface area contributed by atoms with E-state index in [0.717, 1.165) is 5.56 Å². The zero-order chi connectivity index (χ0) is 12.9. The molecule has 1 rings (SSSR count). The van der Waals surface area contributed by atoms with E-state index in [4.69, 9.17) is 5.73 Å². The molecule has 1 aromatic carbocycles. The largest absolute Gasteiger partial charge is 0.366 e. The second-order valence-electron chi connectivity index (χ2n) is 3.83. The van der Waals surface area contributed by atoms with Gasteiger partial charge in [-0.05, 0) is 11.6 Å². The molecule has 0 unspecified atom stereocenters. The average Bonchev–Trinajstić information content (AvgIpc) is 2.23. The van der Waals surface area contributed by atoms with Gasteiger partial charge in [0.2, 0.25) is 5.91 Å². The third-order valence-electron chi connectivity index (χ3n) is 2.25. The fraction of sp³-hybridized carbons (Fsp3) is 0.364. The summed E-state index contributed by atoms with van der Waals surface area (Å²) in [7, 11) is -2.96. The van der Waals surface area contributed by atoms with E-state index in [0.29, 0.717) is 18.7 Å². The number of nitrogens with two attached hydrogens (primary N) is 1. The summed E-state index contributed by atoms with van der Waals surface area (Å²) in [6, 6.07) is 6.98. The van der Waals surface area contributed by atoms with Gasteiger partial charge in [0, 0.05) is 24.9 Å². The molecule has 94 valence electrons. The number of primary amides is 1. The SMILES string of the molecule is CS(=O)(=O)CCNCc1ccccc1C(N)=O. The molecule has 1 aromatic rings. The second-order valence-corrected chi connectivity index (χ2v) is 6.09. The van der Waals surface area contributed by atoms with Gasteiger partial charge in [-0.15, -0.1) is 0 Å². The number of amides is 1. The van der Waals surface area contributed by atoms with Crippen molar-refractivity contribution < 1.29 is 13.2 Å². The highest BCUT2D eigenvalue weighted by Gasteiger charge is 2.07. The zero-order valence-electron chi connectivity index (χ0n) is 9.64. The van der Waals surface area contributed by atoms with E-state index in [2.05, 4.69) is 5.32 Å². The molecule has 0 heterocycles. The maximum atomic E-state index is 11.1. The monoisotopic (exact) mass is 256 g/mol. The Morgan fingerprint density at radius 2 is 2.00 bits per heavy atom. The van der Waals surface area contributed by atoms with Gasteiger partial charge in [0.05, 0.1) is 5.75 Å². The number of benzene rings is 1. The molecular formula is C11H16N2O3S. The van der Waals surface area contributed by atoms with Crippen molar-refractivity contribution in [2.45, 2.75) is 6.54 Å². The Morgan fingerprint density at radius 1 is 1.35 bits per heavy atom. The number of hydrogen-bond donors (Lipinski definition) is 2. The molecule has 0 aliphatic carbocycles. The number of nitrogens with one attached hydrogen (secondary N) is 1. The third-order valence-corrected chi connectivity index (χ3v) is 3.19. The Balaban J connectivity index is 2.55. The number of rotatable bonds is 6. The fourth-order valence-electron chi connectivity index (χ4n) is 1.40. The Morgan fingerprint density at radius 3 is 2.59 bits per heavy atom. The van der Waals surface area contributed by atoms with Crippen molar-refractivity contribution in [1.29, 1.82) is 0 Å². The van der Waals surface area contributed by atoms with E-state index in [-0.39, 0.29) is 5.75 Å². The van der Waals surface area contributed by atoms with Crippen molar-refractivity contribution in [2.24, 2.45) is 5.73 Å². The fourth-order valence-corrected chi connectivity index (χ4v) is 1.91. The Bertz CT molecular complexity index is 497. The van der Waals surface area contributed by atoms with E-state index in [1.165, 1.54) is 6.26 Å². The van der Waals surface area contributed by atoms with Crippen molar-refractivity contribution in [1.82, 2.24) is 5.32 Å². The molecule has 1 amide bonds. The van der Waals surface area contributed by atoms with Gasteiger partial charge >= 0.3 is 0 Å². The van der Waals surface area contributed by atoms with Gasteiger partial charge in [0.1, 0.15) is 9.84 Å². The summed E-state index contributed by atoms with van der Waals surface area (Å²) in [6.45, 7) is 0.778. The van der Waals surface area contributed by atoms with Gasteiger partial charge in [0.25, 0.3) is 0 Å². The van der Waals surface area contributed by atoms with Gasteiger partial charge in [-0.2, -0.15) is 0 Å². The lowest BCUT2D eigenvalue weighted by Crippen LogP contribution is -2.23. The predicted octanol–water partition coefficient (Wildman–Crippen LogP) is -0.0803. The van der Waals surface area contributed by atoms with E-state index < -0.39 is 15.7 Å². The van der Waals surface area contributed by atoms with Crippen molar-refractivity contribution in [3.8, 4) is 0 Å². The molecular weight excluding hydrogens is 240 g/mol. The number of sulfone groups is 1. The number of carbonyl (C=O) groups excluding carboxylic acids is 1. The molecule has 0 fully saturated rings. The Kier molecular flexibility index (Phi) is 4.65. The molecule has 0 bridgehead atoms. The summed E-state index contributed by atoms with van der Waals surface area (Å²) in [5, 5.41) is 2.97. The maximum Gasteiger partial charge on any atom is 0.249 e. The molecule has 0 atom stereocenters. The van der Waals surface area contributed by atoms with Gasteiger partial charge < -0.3 is 11.1 Å². The van der Waals surface area contributed by atoms with Crippen LogP contribution in [0, 0.1) is 0 Å². The van der Waals surface area contributed by atoms with E-state index in [1.54, 1.807) is 24.3 Å². The highest BCUT2D eigenvalue weighted by Crippen LogP contribution is 2.07. The molecule has 0 saturated heterocycles. The van der Waals surface area contributed by atoms with Crippen LogP contribution >= 0.6 is 0 Å². The van der Waals surface area contributed by atoms with Crippen molar-refractivity contribution in [3.05, 3.63) is 35.4 Å². The van der Waals surface area contributed by atoms with E-state index >= 15 is 0 Å². The topological polar surface area (TPSA) is 89.3 Å². The number of carbonyl (C=O) groups is 1. The first kappa shape index (κ1) is 13.7. The van der Waals surface area contributed by atoms with Gasteiger partial charge in [-0.3, -0.25) is 4.79 Å². The summed E-state index contributed by atoms with van der Waals surface area (Å²) < 4.78 is 21.8. The van der Waals surface area contributed by atoms with Crippen LogP contribution < -0.4 is 11.1 Å². The van der Waals surface area contributed by atoms with Crippen molar-refractivity contribution in [2.75, 3.05) is 18.6 Å². The van der Waals surface area contributed by atoms with Crippen LogP contribution in [0.25, 0.3) is 0 Å². The molecule has 6 heteroatoms. The second kappa shape index (κ2) is 5.79. The minimum absolute atomic E-state index is 0.0751. The minimum atomic E-state index is -2.96. The van der Waals surface area contributed by atoms with Crippen LogP contribution in [0.3, 0.4) is 0 Å². The first-order valence-electron chi connectivity index (χ1n) is 5.16. The van der Waals surface area contributed by atoms with Crippen molar-refractivity contribution >= 4 is 15.7 Å². The van der Waals surface area contributed by atoms with Crippen LogP contribution in [0.15, 0.2) is 24.3 Å². The van der Waals surface area contributed by atoms with E-state index in [9.17, 15) is 13.2 Å². The maximum absolute atomic E-state index is 11.1. The lowest BCUT2D eigenvalue weighted by Gasteiger charge is -2.07. The molecule has 17 heavy (non-hydrogen) atoms. The lowest BCUT2D eigenvalue weighted by molar-refractivity contribution is 0.0999. The molecule has 0 radical (unpaired) electrons. The lowest BCUT2D eigenvalue weighted by atomic mass is 10.1. The van der Waals surface area contributed by atoms with Gasteiger partial charge in [-0.25, -0.2) is 8.42 Å². The van der Waals surface area contributed by atoms with Crippen LogP contribution in [0.1, 0.15) is 15.9 Å². The van der Waals surface area contributed by atoms with E-state index in [1.807, 2.05) is 0 Å². The first-order valence-corrected chi connectivity index (χ1v) is 7.22. The highest BCUT2D eigenvalue weighted by molar-refractivity contribution is 7.90. The van der Waals surface area contributed by atoms with Crippen molar-refractivity contribution in [3.63, 3.8) is 0 Å². The minimum Gasteiger partial charge on any atom is -0.366 e. The Hall–Kier alpha value is -1.40.